The van der Waals surface area contributed by atoms with Gasteiger partial charge in [-0.2, -0.15) is 0 Å². The van der Waals surface area contributed by atoms with Gasteiger partial charge in [-0.1, -0.05) is 18.9 Å². The van der Waals surface area contributed by atoms with Crippen LogP contribution < -0.4 is 5.32 Å². The highest BCUT2D eigenvalue weighted by Gasteiger charge is 2.26. The molecule has 0 spiro atoms. The Kier molecular flexibility index (Phi) is 4.78. The Hall–Kier alpha value is -0.870. The van der Waals surface area contributed by atoms with E-state index in [-0.39, 0.29) is 12.0 Å². The molecule has 1 fully saturated rings. The summed E-state index contributed by atoms with van der Waals surface area (Å²) >= 11 is 1.69. The number of hydrogen-bond donors (Lipinski definition) is 1. The van der Waals surface area contributed by atoms with Crippen LogP contribution in [-0.4, -0.2) is 19.1 Å². The Labute approximate surface area is 113 Å². The number of rotatable bonds is 7. The minimum absolute atomic E-state index is 0.0891. The molecule has 1 saturated carbocycles. The highest BCUT2D eigenvalue weighted by molar-refractivity contribution is 7.10. The van der Waals surface area contributed by atoms with E-state index in [4.69, 9.17) is 4.74 Å². The first-order chi connectivity index (χ1) is 8.69. The zero-order valence-electron chi connectivity index (χ0n) is 11.0. The maximum atomic E-state index is 11.5. The summed E-state index contributed by atoms with van der Waals surface area (Å²) < 4.78 is 4.78. The van der Waals surface area contributed by atoms with Crippen LogP contribution in [0.5, 0.6) is 0 Å². The number of hydrogen-bond acceptors (Lipinski definition) is 4. The topological polar surface area (TPSA) is 38.3 Å². The second kappa shape index (κ2) is 6.34. The third-order valence-electron chi connectivity index (χ3n) is 3.35. The van der Waals surface area contributed by atoms with Crippen LogP contribution in [0.1, 0.15) is 43.5 Å². The molecule has 3 nitrogen and oxygen atoms in total. The molecule has 0 radical (unpaired) electrons. The summed E-state index contributed by atoms with van der Waals surface area (Å²) in [6.45, 7) is 2.20. The molecule has 2 atom stereocenters. The van der Waals surface area contributed by atoms with Crippen LogP contribution in [0.3, 0.4) is 0 Å². The zero-order chi connectivity index (χ0) is 13.0. The van der Waals surface area contributed by atoms with Crippen LogP contribution in [0.2, 0.25) is 0 Å². The molecule has 0 saturated heterocycles. The summed E-state index contributed by atoms with van der Waals surface area (Å²) in [5, 5.41) is 5.61. The van der Waals surface area contributed by atoms with Gasteiger partial charge in [-0.25, -0.2) is 0 Å². The Balaban J connectivity index is 1.92. The van der Waals surface area contributed by atoms with Crippen LogP contribution in [0.4, 0.5) is 0 Å². The fraction of sp³-hybridized carbons (Fsp3) is 0.643. The molecule has 1 aromatic rings. The van der Waals surface area contributed by atoms with Crippen molar-refractivity contribution in [1.29, 1.82) is 0 Å². The molecule has 2 unspecified atom stereocenters. The van der Waals surface area contributed by atoms with Crippen molar-refractivity contribution in [3.8, 4) is 0 Å². The molecule has 100 valence electrons. The standard InChI is InChI=1S/C14H21NO2S/c1-10(8-11-5-6-11)15-12(9-14(16)17-2)13-4-3-7-18-13/h3-4,7,10-12,15H,5-6,8-9H2,1-2H3. The van der Waals surface area contributed by atoms with Gasteiger partial charge < -0.3 is 10.1 Å². The first-order valence-electron chi connectivity index (χ1n) is 6.55. The Bertz CT molecular complexity index is 373. The van der Waals surface area contributed by atoms with Gasteiger partial charge in [0.05, 0.1) is 19.6 Å². The average molecular weight is 267 g/mol. The van der Waals surface area contributed by atoms with Gasteiger partial charge in [-0.05, 0) is 30.7 Å². The van der Waals surface area contributed by atoms with Crippen molar-refractivity contribution in [2.24, 2.45) is 5.92 Å². The van der Waals surface area contributed by atoms with Crippen molar-refractivity contribution in [3.63, 3.8) is 0 Å². The van der Waals surface area contributed by atoms with E-state index in [1.807, 2.05) is 11.4 Å². The largest absolute Gasteiger partial charge is 0.469 e. The number of methoxy groups -OCH3 is 1. The van der Waals surface area contributed by atoms with Crippen LogP contribution in [0.15, 0.2) is 17.5 Å². The predicted molar refractivity (Wildman–Crippen MR) is 73.6 cm³/mol. The van der Waals surface area contributed by atoms with E-state index in [2.05, 4.69) is 18.3 Å². The van der Waals surface area contributed by atoms with Crippen LogP contribution in [-0.2, 0) is 9.53 Å². The molecular weight excluding hydrogens is 246 g/mol. The van der Waals surface area contributed by atoms with Gasteiger partial charge in [0.2, 0.25) is 0 Å². The van der Waals surface area contributed by atoms with Crippen LogP contribution in [0, 0.1) is 5.92 Å². The normalized spacial score (nSPS) is 18.3. The molecule has 0 bridgehead atoms. The van der Waals surface area contributed by atoms with Crippen molar-refractivity contribution < 1.29 is 9.53 Å². The van der Waals surface area contributed by atoms with Crippen molar-refractivity contribution in [3.05, 3.63) is 22.4 Å². The lowest BCUT2D eigenvalue weighted by Gasteiger charge is -2.21. The summed E-state index contributed by atoms with van der Waals surface area (Å²) in [6.07, 6.45) is 4.36. The Morgan fingerprint density at radius 2 is 2.39 bits per heavy atom. The monoisotopic (exact) mass is 267 g/mol. The number of thiophene rings is 1. The van der Waals surface area contributed by atoms with E-state index in [1.54, 1.807) is 11.3 Å². The summed E-state index contributed by atoms with van der Waals surface area (Å²) in [7, 11) is 1.45. The minimum Gasteiger partial charge on any atom is -0.469 e. The van der Waals surface area contributed by atoms with Gasteiger partial charge in [0.1, 0.15) is 0 Å². The second-order valence-corrected chi connectivity index (χ2v) is 6.07. The molecule has 1 aromatic heterocycles. The van der Waals surface area contributed by atoms with E-state index in [0.717, 1.165) is 5.92 Å². The van der Waals surface area contributed by atoms with Gasteiger partial charge in [-0.3, -0.25) is 4.79 Å². The second-order valence-electron chi connectivity index (χ2n) is 5.10. The summed E-state index contributed by atoms with van der Waals surface area (Å²) in [6, 6.07) is 4.65. The molecule has 0 aromatic carbocycles. The SMILES string of the molecule is COC(=O)CC(NC(C)CC1CC1)c1cccs1. The molecule has 1 aliphatic rings. The zero-order valence-corrected chi connectivity index (χ0v) is 11.8. The summed E-state index contributed by atoms with van der Waals surface area (Å²) in [5.74, 6) is 0.745. The first kappa shape index (κ1) is 13.6. The lowest BCUT2D eigenvalue weighted by Crippen LogP contribution is -2.32. The third-order valence-corrected chi connectivity index (χ3v) is 4.34. The lowest BCUT2D eigenvalue weighted by atomic mass is 10.1. The smallest absolute Gasteiger partial charge is 0.307 e. The summed E-state index contributed by atoms with van der Waals surface area (Å²) in [4.78, 5) is 12.7. The van der Waals surface area contributed by atoms with E-state index in [9.17, 15) is 4.79 Å². The number of ether oxygens (including phenoxy) is 1. The predicted octanol–water partition coefficient (Wildman–Crippen LogP) is 3.13. The Morgan fingerprint density at radius 1 is 1.61 bits per heavy atom. The van der Waals surface area contributed by atoms with Gasteiger partial charge in [0.15, 0.2) is 0 Å². The first-order valence-corrected chi connectivity index (χ1v) is 7.43. The lowest BCUT2D eigenvalue weighted by molar-refractivity contribution is -0.141. The number of carbonyl (C=O) groups is 1. The Morgan fingerprint density at radius 3 is 2.94 bits per heavy atom. The average Bonchev–Trinajstić information content (AvgIpc) is 2.98. The molecule has 1 heterocycles. The van der Waals surface area contributed by atoms with Crippen molar-refractivity contribution in [2.45, 2.75) is 44.7 Å². The third kappa shape index (κ3) is 4.10. The minimum atomic E-state index is -0.153. The van der Waals surface area contributed by atoms with Crippen molar-refractivity contribution >= 4 is 17.3 Å². The fourth-order valence-electron chi connectivity index (χ4n) is 2.25. The fourth-order valence-corrected chi connectivity index (χ4v) is 3.03. The maximum absolute atomic E-state index is 11.5. The summed E-state index contributed by atoms with van der Waals surface area (Å²) in [5.41, 5.74) is 0. The van der Waals surface area contributed by atoms with Crippen molar-refractivity contribution in [2.75, 3.05) is 7.11 Å². The maximum Gasteiger partial charge on any atom is 0.307 e. The molecule has 0 amide bonds. The van der Waals surface area contributed by atoms with Gasteiger partial charge in [0, 0.05) is 10.9 Å². The quantitative estimate of drug-likeness (QED) is 0.771. The molecule has 4 heteroatoms. The van der Waals surface area contributed by atoms with Crippen LogP contribution in [0.25, 0.3) is 0 Å². The highest BCUT2D eigenvalue weighted by Crippen LogP contribution is 2.34. The highest BCUT2D eigenvalue weighted by atomic mass is 32.1. The molecule has 1 aliphatic carbocycles. The number of carbonyl (C=O) groups excluding carboxylic acids is 1. The number of nitrogens with one attached hydrogen (secondary N) is 1. The number of esters is 1. The molecule has 2 rings (SSSR count). The van der Waals surface area contributed by atoms with Gasteiger partial charge in [-0.15, -0.1) is 11.3 Å². The molecule has 0 aliphatic heterocycles. The van der Waals surface area contributed by atoms with E-state index in [1.165, 1.54) is 31.2 Å². The molecular formula is C14H21NO2S. The van der Waals surface area contributed by atoms with Gasteiger partial charge in [0.25, 0.3) is 0 Å². The van der Waals surface area contributed by atoms with E-state index < -0.39 is 0 Å². The van der Waals surface area contributed by atoms with Crippen molar-refractivity contribution in [1.82, 2.24) is 5.32 Å². The van der Waals surface area contributed by atoms with Crippen LogP contribution >= 0.6 is 11.3 Å². The molecule has 1 N–H and O–H groups in total. The van der Waals surface area contributed by atoms with Gasteiger partial charge >= 0.3 is 5.97 Å². The van der Waals surface area contributed by atoms with E-state index >= 15 is 0 Å². The van der Waals surface area contributed by atoms with E-state index in [0.29, 0.717) is 12.5 Å². The molecule has 18 heavy (non-hydrogen) atoms.